The fraction of sp³-hybridized carbons (Fsp3) is 0.471. The molecule has 6 heteroatoms. The van der Waals surface area contributed by atoms with Crippen LogP contribution in [0.15, 0.2) is 28.8 Å². The molecule has 1 aromatic carbocycles. The highest BCUT2D eigenvalue weighted by molar-refractivity contribution is 5.94. The van der Waals surface area contributed by atoms with Gasteiger partial charge in [-0.2, -0.15) is 4.98 Å². The largest absolute Gasteiger partial charge is 0.334 e. The number of hydrogen-bond acceptors (Lipinski definition) is 5. The molecule has 23 heavy (non-hydrogen) atoms. The summed E-state index contributed by atoms with van der Waals surface area (Å²) in [5, 5.41) is 7.01. The lowest BCUT2D eigenvalue weighted by Crippen LogP contribution is -2.34. The van der Waals surface area contributed by atoms with Crippen LogP contribution in [0.1, 0.15) is 44.3 Å². The van der Waals surface area contributed by atoms with Crippen molar-refractivity contribution in [3.05, 3.63) is 30.1 Å². The van der Waals surface area contributed by atoms with Gasteiger partial charge in [0.2, 0.25) is 5.91 Å². The van der Waals surface area contributed by atoms with E-state index in [2.05, 4.69) is 15.5 Å². The van der Waals surface area contributed by atoms with E-state index in [1.54, 1.807) is 0 Å². The van der Waals surface area contributed by atoms with Crippen LogP contribution in [-0.2, 0) is 10.3 Å². The monoisotopic (exact) mass is 312 g/mol. The second-order valence-electron chi connectivity index (χ2n) is 6.63. The maximum absolute atomic E-state index is 11.9. The van der Waals surface area contributed by atoms with Crippen LogP contribution in [0.4, 0.5) is 5.69 Å². The molecule has 1 aromatic heterocycles. The van der Waals surface area contributed by atoms with Crippen LogP contribution in [0.25, 0.3) is 11.5 Å². The van der Waals surface area contributed by atoms with Gasteiger partial charge in [-0.3, -0.25) is 4.79 Å². The molecule has 0 saturated heterocycles. The fourth-order valence-corrected chi connectivity index (χ4v) is 3.09. The molecule has 120 valence electrons. The molecule has 0 unspecified atom stereocenters. The average Bonchev–Trinajstić information content (AvgIpc) is 3.11. The summed E-state index contributed by atoms with van der Waals surface area (Å²) in [6, 6.07) is 7.48. The lowest BCUT2D eigenvalue weighted by atomic mass is 9.99. The maximum atomic E-state index is 11.9. The third kappa shape index (κ3) is 2.86. The van der Waals surface area contributed by atoms with Crippen LogP contribution in [0.5, 0.6) is 0 Å². The van der Waals surface area contributed by atoms with Crippen LogP contribution in [0.2, 0.25) is 0 Å². The quantitative estimate of drug-likeness (QED) is 0.905. The molecule has 0 bridgehead atoms. The van der Waals surface area contributed by atoms with E-state index in [4.69, 9.17) is 10.3 Å². The summed E-state index contributed by atoms with van der Waals surface area (Å²) in [5.74, 6) is 1.28. The summed E-state index contributed by atoms with van der Waals surface area (Å²) in [4.78, 5) is 16.4. The van der Waals surface area contributed by atoms with Gasteiger partial charge in [0.25, 0.3) is 5.89 Å². The van der Waals surface area contributed by atoms with E-state index in [-0.39, 0.29) is 11.8 Å². The molecule has 3 N–H and O–H groups in total. The van der Waals surface area contributed by atoms with E-state index in [0.717, 1.165) is 49.8 Å². The minimum atomic E-state index is -0.459. The third-order valence-electron chi connectivity index (χ3n) is 4.69. The van der Waals surface area contributed by atoms with Gasteiger partial charge in [-0.05, 0) is 43.9 Å². The molecule has 2 aromatic rings. The zero-order chi connectivity index (χ0) is 15.9. The number of nitrogens with one attached hydrogen (secondary N) is 1. The van der Waals surface area contributed by atoms with Gasteiger partial charge in [0.05, 0.1) is 5.54 Å². The molecule has 2 saturated carbocycles. The SMILES string of the molecule is NC1(c2noc(-c3cccc(NC(=O)C4CC4)c3)n2)CCCC1. The number of aromatic nitrogens is 2. The van der Waals surface area contributed by atoms with Crippen molar-refractivity contribution in [1.82, 2.24) is 10.1 Å². The molecule has 2 aliphatic rings. The molecular formula is C17H20N4O2. The van der Waals surface area contributed by atoms with Gasteiger partial charge in [-0.15, -0.1) is 0 Å². The average molecular weight is 312 g/mol. The maximum Gasteiger partial charge on any atom is 0.258 e. The number of rotatable bonds is 4. The summed E-state index contributed by atoms with van der Waals surface area (Å²) in [6.45, 7) is 0. The number of benzene rings is 1. The van der Waals surface area contributed by atoms with E-state index < -0.39 is 5.54 Å². The third-order valence-corrected chi connectivity index (χ3v) is 4.69. The minimum absolute atomic E-state index is 0.0836. The van der Waals surface area contributed by atoms with E-state index in [1.165, 1.54) is 0 Å². The zero-order valence-corrected chi connectivity index (χ0v) is 12.9. The fourth-order valence-electron chi connectivity index (χ4n) is 3.09. The molecule has 0 radical (unpaired) electrons. The lowest BCUT2D eigenvalue weighted by Gasteiger charge is -2.17. The Bertz CT molecular complexity index is 730. The first-order valence-corrected chi connectivity index (χ1v) is 8.18. The van der Waals surface area contributed by atoms with Crippen molar-refractivity contribution < 1.29 is 9.32 Å². The standard InChI is InChI=1S/C17H20N4O2/c18-17(8-1-2-9-17)16-20-15(23-21-16)12-4-3-5-13(10-12)19-14(22)11-6-7-11/h3-5,10-11H,1-2,6-9,18H2,(H,19,22). The van der Waals surface area contributed by atoms with Gasteiger partial charge in [-0.25, -0.2) is 0 Å². The molecule has 1 amide bonds. The summed E-state index contributed by atoms with van der Waals surface area (Å²) in [5.41, 5.74) is 7.45. The zero-order valence-electron chi connectivity index (χ0n) is 12.9. The number of hydrogen-bond donors (Lipinski definition) is 2. The van der Waals surface area contributed by atoms with Crippen molar-refractivity contribution in [1.29, 1.82) is 0 Å². The van der Waals surface area contributed by atoms with Gasteiger partial charge in [0, 0.05) is 17.2 Å². The van der Waals surface area contributed by atoms with Crippen molar-refractivity contribution in [2.45, 2.75) is 44.1 Å². The summed E-state index contributed by atoms with van der Waals surface area (Å²) < 4.78 is 5.39. The molecule has 4 rings (SSSR count). The number of carbonyl (C=O) groups excluding carboxylic acids is 1. The second kappa shape index (κ2) is 5.45. The topological polar surface area (TPSA) is 94.0 Å². The predicted octanol–water partition coefficient (Wildman–Crippen LogP) is 2.81. The Labute approximate surface area is 134 Å². The van der Waals surface area contributed by atoms with E-state index in [9.17, 15) is 4.79 Å². The molecule has 6 nitrogen and oxygen atoms in total. The van der Waals surface area contributed by atoms with Crippen LogP contribution in [-0.4, -0.2) is 16.0 Å². The Morgan fingerprint density at radius 2 is 2.09 bits per heavy atom. The molecule has 0 spiro atoms. The van der Waals surface area contributed by atoms with E-state index >= 15 is 0 Å². The van der Waals surface area contributed by atoms with Crippen molar-refractivity contribution in [3.8, 4) is 11.5 Å². The minimum Gasteiger partial charge on any atom is -0.334 e. The number of anilines is 1. The van der Waals surface area contributed by atoms with Gasteiger partial charge < -0.3 is 15.6 Å². The van der Waals surface area contributed by atoms with Crippen molar-refractivity contribution in [2.24, 2.45) is 11.7 Å². The molecule has 0 atom stereocenters. The van der Waals surface area contributed by atoms with Crippen LogP contribution >= 0.6 is 0 Å². The Morgan fingerprint density at radius 3 is 2.83 bits per heavy atom. The highest BCUT2D eigenvalue weighted by Gasteiger charge is 2.36. The normalized spacial score (nSPS) is 19.7. The van der Waals surface area contributed by atoms with Gasteiger partial charge in [0.15, 0.2) is 5.82 Å². The summed E-state index contributed by atoms with van der Waals surface area (Å²) >= 11 is 0. The molecular weight excluding hydrogens is 292 g/mol. The number of amides is 1. The van der Waals surface area contributed by atoms with Gasteiger partial charge in [0.1, 0.15) is 0 Å². The molecule has 0 aliphatic heterocycles. The highest BCUT2D eigenvalue weighted by atomic mass is 16.5. The molecule has 2 aliphatic carbocycles. The Morgan fingerprint density at radius 1 is 1.30 bits per heavy atom. The Balaban J connectivity index is 1.55. The summed E-state index contributed by atoms with van der Waals surface area (Å²) in [7, 11) is 0. The first kappa shape index (κ1) is 14.4. The lowest BCUT2D eigenvalue weighted by molar-refractivity contribution is -0.117. The van der Waals surface area contributed by atoms with Crippen LogP contribution < -0.4 is 11.1 Å². The van der Waals surface area contributed by atoms with Crippen molar-refractivity contribution >= 4 is 11.6 Å². The molecule has 2 fully saturated rings. The van der Waals surface area contributed by atoms with Crippen LogP contribution in [0.3, 0.4) is 0 Å². The first-order chi connectivity index (χ1) is 11.1. The smallest absolute Gasteiger partial charge is 0.258 e. The van der Waals surface area contributed by atoms with Gasteiger partial charge in [-0.1, -0.05) is 24.1 Å². The Hall–Kier alpha value is -2.21. The predicted molar refractivity (Wildman–Crippen MR) is 85.4 cm³/mol. The van der Waals surface area contributed by atoms with Gasteiger partial charge >= 0.3 is 0 Å². The number of nitrogens with zero attached hydrogens (tertiary/aromatic N) is 2. The van der Waals surface area contributed by atoms with Crippen LogP contribution in [0, 0.1) is 5.92 Å². The number of nitrogens with two attached hydrogens (primary N) is 1. The van der Waals surface area contributed by atoms with E-state index in [0.29, 0.717) is 11.7 Å². The second-order valence-corrected chi connectivity index (χ2v) is 6.63. The first-order valence-electron chi connectivity index (χ1n) is 8.18. The van der Waals surface area contributed by atoms with Crippen molar-refractivity contribution in [2.75, 3.05) is 5.32 Å². The van der Waals surface area contributed by atoms with Crippen molar-refractivity contribution in [3.63, 3.8) is 0 Å². The molecule has 1 heterocycles. The highest BCUT2D eigenvalue weighted by Crippen LogP contribution is 2.35. The summed E-state index contributed by atoms with van der Waals surface area (Å²) in [6.07, 6.45) is 5.95. The number of carbonyl (C=O) groups is 1. The Kier molecular flexibility index (Phi) is 3.41. The van der Waals surface area contributed by atoms with E-state index in [1.807, 2.05) is 24.3 Å².